The molecule has 1 aromatic heterocycles. The van der Waals surface area contributed by atoms with Gasteiger partial charge < -0.3 is 14.8 Å². The number of aromatic nitrogens is 1. The van der Waals surface area contributed by atoms with E-state index in [0.717, 1.165) is 5.56 Å². The van der Waals surface area contributed by atoms with E-state index in [2.05, 4.69) is 15.0 Å². The van der Waals surface area contributed by atoms with Gasteiger partial charge in [0.15, 0.2) is 6.61 Å². The lowest BCUT2D eigenvalue weighted by atomic mass is 10.3. The van der Waals surface area contributed by atoms with E-state index < -0.39 is 10.0 Å². The molecule has 2 aromatic rings. The first-order valence-electron chi connectivity index (χ1n) is 7.99. The van der Waals surface area contributed by atoms with Gasteiger partial charge in [-0.2, -0.15) is 0 Å². The van der Waals surface area contributed by atoms with Crippen LogP contribution in [-0.4, -0.2) is 46.2 Å². The third-order valence-electron chi connectivity index (χ3n) is 3.41. The summed E-state index contributed by atoms with van der Waals surface area (Å²) in [5.41, 5.74) is 0.909. The van der Waals surface area contributed by atoms with Gasteiger partial charge in [0.25, 0.3) is 5.91 Å². The molecule has 8 nitrogen and oxygen atoms in total. The number of halogens is 1. The molecule has 0 spiro atoms. The summed E-state index contributed by atoms with van der Waals surface area (Å²) >= 11 is 6.07. The molecular formula is C17H20ClN3O5S. The minimum Gasteiger partial charge on any atom is -0.482 e. The molecule has 0 saturated carbocycles. The highest BCUT2D eigenvalue weighted by atomic mass is 35.5. The third kappa shape index (κ3) is 6.79. The van der Waals surface area contributed by atoms with E-state index in [1.54, 1.807) is 24.5 Å². The van der Waals surface area contributed by atoms with Gasteiger partial charge in [-0.15, -0.1) is 0 Å². The predicted octanol–water partition coefficient (Wildman–Crippen LogP) is 1.35. The number of hydrogen-bond acceptors (Lipinski definition) is 6. The highest BCUT2D eigenvalue weighted by Gasteiger charge is 2.16. The Morgan fingerprint density at radius 1 is 1.22 bits per heavy atom. The van der Waals surface area contributed by atoms with Crippen LogP contribution in [0.15, 0.2) is 47.6 Å². The van der Waals surface area contributed by atoms with E-state index in [1.165, 1.54) is 25.3 Å². The van der Waals surface area contributed by atoms with Gasteiger partial charge in [-0.25, -0.2) is 13.1 Å². The van der Waals surface area contributed by atoms with Crippen molar-refractivity contribution in [3.8, 4) is 5.75 Å². The lowest BCUT2D eigenvalue weighted by Gasteiger charge is -2.11. The highest BCUT2D eigenvalue weighted by Crippen LogP contribution is 2.27. The van der Waals surface area contributed by atoms with Gasteiger partial charge >= 0.3 is 0 Å². The Morgan fingerprint density at radius 3 is 2.63 bits per heavy atom. The van der Waals surface area contributed by atoms with Crippen LogP contribution in [0.2, 0.25) is 5.02 Å². The van der Waals surface area contributed by atoms with Crippen molar-refractivity contribution >= 4 is 27.5 Å². The van der Waals surface area contributed by atoms with Gasteiger partial charge in [-0.3, -0.25) is 9.78 Å². The largest absolute Gasteiger partial charge is 0.482 e. The number of ether oxygens (including phenoxy) is 2. The standard InChI is InChI=1S/C17H20ClN3O5S/c1-25-9-8-21-27(23,24)14-2-3-16(15(18)10-14)26-12-17(22)20-11-13-4-6-19-7-5-13/h2-7,10,21H,8-9,11-12H2,1H3,(H,20,22). The molecule has 0 aliphatic heterocycles. The molecule has 27 heavy (non-hydrogen) atoms. The molecule has 0 atom stereocenters. The number of hydrogen-bond donors (Lipinski definition) is 2. The molecule has 146 valence electrons. The number of amides is 1. The Labute approximate surface area is 162 Å². The average molecular weight is 414 g/mol. The highest BCUT2D eigenvalue weighted by molar-refractivity contribution is 7.89. The van der Waals surface area contributed by atoms with Gasteiger partial charge in [0.1, 0.15) is 5.75 Å². The van der Waals surface area contributed by atoms with Gasteiger partial charge in [0, 0.05) is 32.6 Å². The number of carbonyl (C=O) groups excluding carboxylic acids is 1. The smallest absolute Gasteiger partial charge is 0.258 e. The number of pyridine rings is 1. The summed E-state index contributed by atoms with van der Waals surface area (Å²) in [4.78, 5) is 15.8. The SMILES string of the molecule is COCCNS(=O)(=O)c1ccc(OCC(=O)NCc2ccncc2)c(Cl)c1. The quantitative estimate of drug-likeness (QED) is 0.569. The fourth-order valence-electron chi connectivity index (χ4n) is 2.02. The van der Waals surface area contributed by atoms with E-state index in [0.29, 0.717) is 6.54 Å². The first-order chi connectivity index (χ1) is 12.9. The number of nitrogens with one attached hydrogen (secondary N) is 2. The molecule has 1 aromatic carbocycles. The van der Waals surface area contributed by atoms with Gasteiger partial charge in [-0.05, 0) is 35.9 Å². The molecule has 0 aliphatic rings. The van der Waals surface area contributed by atoms with Crippen molar-refractivity contribution in [2.75, 3.05) is 26.9 Å². The van der Waals surface area contributed by atoms with Crippen LogP contribution in [0.5, 0.6) is 5.75 Å². The molecule has 2 rings (SSSR count). The van der Waals surface area contributed by atoms with Gasteiger partial charge in [-0.1, -0.05) is 11.6 Å². The van der Waals surface area contributed by atoms with Crippen molar-refractivity contribution in [2.24, 2.45) is 0 Å². The maximum atomic E-state index is 12.1. The molecule has 0 bridgehead atoms. The zero-order valence-corrected chi connectivity index (χ0v) is 16.2. The molecule has 0 saturated heterocycles. The third-order valence-corrected chi connectivity index (χ3v) is 5.16. The molecule has 0 aliphatic carbocycles. The van der Waals surface area contributed by atoms with Crippen LogP contribution in [0.25, 0.3) is 0 Å². The summed E-state index contributed by atoms with van der Waals surface area (Å²) in [5.74, 6) is -0.118. The molecule has 0 unspecified atom stereocenters. The fraction of sp³-hybridized carbons (Fsp3) is 0.294. The van der Waals surface area contributed by atoms with E-state index >= 15 is 0 Å². The lowest BCUT2D eigenvalue weighted by Crippen LogP contribution is -2.28. The summed E-state index contributed by atoms with van der Waals surface area (Å²) < 4.78 is 36.8. The first-order valence-corrected chi connectivity index (χ1v) is 9.85. The van der Waals surface area contributed by atoms with Crippen LogP contribution in [-0.2, 0) is 26.1 Å². The van der Waals surface area contributed by atoms with E-state index in [4.69, 9.17) is 21.1 Å². The zero-order chi connectivity index (χ0) is 19.7. The van der Waals surface area contributed by atoms with Crippen molar-refractivity contribution in [3.05, 3.63) is 53.3 Å². The van der Waals surface area contributed by atoms with Crippen molar-refractivity contribution in [1.82, 2.24) is 15.0 Å². The molecule has 2 N–H and O–H groups in total. The molecular weight excluding hydrogens is 394 g/mol. The van der Waals surface area contributed by atoms with E-state index in [1.807, 2.05) is 0 Å². The fourth-order valence-corrected chi connectivity index (χ4v) is 3.36. The molecule has 1 amide bonds. The predicted molar refractivity (Wildman–Crippen MR) is 100 cm³/mol. The van der Waals surface area contributed by atoms with Crippen molar-refractivity contribution < 1.29 is 22.7 Å². The Hall–Kier alpha value is -2.20. The molecule has 0 radical (unpaired) electrons. The van der Waals surface area contributed by atoms with Crippen LogP contribution in [0.4, 0.5) is 0 Å². The van der Waals surface area contributed by atoms with Crippen LogP contribution in [0.1, 0.15) is 5.56 Å². The summed E-state index contributed by atoms with van der Waals surface area (Å²) in [6, 6.07) is 7.60. The normalized spacial score (nSPS) is 11.2. The van der Waals surface area contributed by atoms with Crippen molar-refractivity contribution in [3.63, 3.8) is 0 Å². The number of sulfonamides is 1. The molecule has 1 heterocycles. The number of methoxy groups -OCH3 is 1. The second kappa shape index (κ2) is 10.2. The average Bonchev–Trinajstić information content (AvgIpc) is 2.66. The lowest BCUT2D eigenvalue weighted by molar-refractivity contribution is -0.123. The maximum absolute atomic E-state index is 12.1. The van der Waals surface area contributed by atoms with E-state index in [-0.39, 0.29) is 41.3 Å². The second-order valence-electron chi connectivity index (χ2n) is 5.40. The summed E-state index contributed by atoms with van der Waals surface area (Å²) in [5, 5.41) is 2.79. The minimum absolute atomic E-state index is 0.00177. The van der Waals surface area contributed by atoms with Crippen LogP contribution in [0.3, 0.4) is 0 Å². The maximum Gasteiger partial charge on any atom is 0.258 e. The molecule has 10 heteroatoms. The first kappa shape index (κ1) is 21.1. The number of benzene rings is 1. The number of carbonyl (C=O) groups is 1. The zero-order valence-electron chi connectivity index (χ0n) is 14.6. The Balaban J connectivity index is 1.89. The van der Waals surface area contributed by atoms with Gasteiger partial charge in [0.2, 0.25) is 10.0 Å². The minimum atomic E-state index is -3.70. The van der Waals surface area contributed by atoms with Crippen LogP contribution in [0, 0.1) is 0 Å². The van der Waals surface area contributed by atoms with Crippen molar-refractivity contribution in [2.45, 2.75) is 11.4 Å². The van der Waals surface area contributed by atoms with Gasteiger partial charge in [0.05, 0.1) is 16.5 Å². The van der Waals surface area contributed by atoms with Crippen LogP contribution < -0.4 is 14.8 Å². The number of rotatable bonds is 10. The summed E-state index contributed by atoms with van der Waals surface area (Å²) in [6.07, 6.45) is 3.27. The Kier molecular flexibility index (Phi) is 7.99. The Bertz CT molecular complexity index is 862. The van der Waals surface area contributed by atoms with Crippen molar-refractivity contribution in [1.29, 1.82) is 0 Å². The Morgan fingerprint density at radius 2 is 1.96 bits per heavy atom. The summed E-state index contributed by atoms with van der Waals surface area (Å²) in [7, 11) is -2.22. The molecule has 0 fully saturated rings. The topological polar surface area (TPSA) is 107 Å². The number of nitrogens with zero attached hydrogens (tertiary/aromatic N) is 1. The summed E-state index contributed by atoms with van der Waals surface area (Å²) in [6.45, 7) is 0.501. The second-order valence-corrected chi connectivity index (χ2v) is 7.58. The monoisotopic (exact) mass is 413 g/mol. The van der Waals surface area contributed by atoms with Crippen LogP contribution >= 0.6 is 11.6 Å². The van der Waals surface area contributed by atoms with E-state index in [9.17, 15) is 13.2 Å².